The maximum Gasteiger partial charge on any atom is 0.308 e. The third-order valence-electron chi connectivity index (χ3n) is 3.28. The Hall–Kier alpha value is -0.610. The van der Waals surface area contributed by atoms with Gasteiger partial charge in [-0.15, -0.1) is 0 Å². The summed E-state index contributed by atoms with van der Waals surface area (Å²) in [5, 5.41) is 8.87. The van der Waals surface area contributed by atoms with E-state index in [0.717, 1.165) is 32.4 Å². The van der Waals surface area contributed by atoms with E-state index in [4.69, 9.17) is 10.8 Å². The van der Waals surface area contributed by atoms with Gasteiger partial charge in [-0.25, -0.2) is 0 Å². The lowest BCUT2D eigenvalue weighted by atomic mass is 9.78. The molecule has 1 aliphatic carbocycles. The fourth-order valence-electron chi connectivity index (χ4n) is 2.32. The maximum atomic E-state index is 10.8. The highest BCUT2D eigenvalue weighted by Gasteiger charge is 2.41. The van der Waals surface area contributed by atoms with Crippen LogP contribution in [-0.4, -0.2) is 41.1 Å². The van der Waals surface area contributed by atoms with E-state index in [1.165, 1.54) is 0 Å². The third kappa shape index (κ3) is 1.56. The number of hydrogen-bond acceptors (Lipinski definition) is 3. The fourth-order valence-corrected chi connectivity index (χ4v) is 2.32. The average molecular weight is 184 g/mol. The van der Waals surface area contributed by atoms with Crippen molar-refractivity contribution < 1.29 is 9.90 Å². The summed E-state index contributed by atoms with van der Waals surface area (Å²) < 4.78 is 0. The van der Waals surface area contributed by atoms with Gasteiger partial charge in [-0.2, -0.15) is 0 Å². The second-order valence-corrected chi connectivity index (χ2v) is 4.13. The monoisotopic (exact) mass is 184 g/mol. The van der Waals surface area contributed by atoms with Crippen LogP contribution in [0.1, 0.15) is 19.3 Å². The summed E-state index contributed by atoms with van der Waals surface area (Å²) in [5.41, 5.74) is 5.77. The first kappa shape index (κ1) is 8.97. The zero-order chi connectivity index (χ0) is 9.42. The van der Waals surface area contributed by atoms with Crippen molar-refractivity contribution in [1.82, 2.24) is 4.90 Å². The minimum atomic E-state index is -0.642. The van der Waals surface area contributed by atoms with Crippen molar-refractivity contribution in [3.63, 3.8) is 0 Å². The predicted octanol–water partition coefficient (Wildman–Crippen LogP) is -0.117. The van der Waals surface area contributed by atoms with E-state index < -0.39 is 5.97 Å². The summed E-state index contributed by atoms with van der Waals surface area (Å²) in [6.45, 7) is 1.87. The molecule has 2 rings (SSSR count). The normalized spacial score (nSPS) is 40.2. The summed E-state index contributed by atoms with van der Waals surface area (Å²) in [6, 6.07) is 0.529. The molecule has 0 spiro atoms. The van der Waals surface area contributed by atoms with Crippen molar-refractivity contribution in [3.8, 4) is 0 Å². The smallest absolute Gasteiger partial charge is 0.308 e. The average Bonchev–Trinajstić information content (AvgIpc) is 2.32. The van der Waals surface area contributed by atoms with Gasteiger partial charge >= 0.3 is 5.97 Å². The number of hydrogen-bond donors (Lipinski definition) is 2. The minimum absolute atomic E-state index is 0.134. The number of rotatable bonds is 2. The molecule has 0 aromatic carbocycles. The van der Waals surface area contributed by atoms with Crippen LogP contribution < -0.4 is 5.73 Å². The fraction of sp³-hybridized carbons (Fsp3) is 0.889. The lowest BCUT2D eigenvalue weighted by Gasteiger charge is -2.40. The van der Waals surface area contributed by atoms with E-state index in [-0.39, 0.29) is 18.0 Å². The topological polar surface area (TPSA) is 66.6 Å². The summed E-state index contributed by atoms with van der Waals surface area (Å²) in [4.78, 5) is 13.0. The molecule has 1 aliphatic heterocycles. The lowest BCUT2D eigenvalue weighted by Crippen LogP contribution is -2.49. The summed E-state index contributed by atoms with van der Waals surface area (Å²) in [7, 11) is 0. The van der Waals surface area contributed by atoms with E-state index in [1.807, 2.05) is 0 Å². The van der Waals surface area contributed by atoms with Crippen molar-refractivity contribution in [1.29, 1.82) is 0 Å². The molecule has 1 saturated heterocycles. The molecule has 0 amide bonds. The molecule has 3 unspecified atom stereocenters. The Balaban J connectivity index is 1.91. The molecule has 0 radical (unpaired) electrons. The quantitative estimate of drug-likeness (QED) is 0.628. The molecule has 3 atom stereocenters. The molecule has 74 valence electrons. The van der Waals surface area contributed by atoms with Crippen LogP contribution in [0.3, 0.4) is 0 Å². The minimum Gasteiger partial charge on any atom is -0.481 e. The molecule has 3 N–H and O–H groups in total. The molecule has 2 fully saturated rings. The van der Waals surface area contributed by atoms with E-state index in [9.17, 15) is 4.79 Å². The van der Waals surface area contributed by atoms with Crippen LogP contribution in [-0.2, 0) is 4.79 Å². The van der Waals surface area contributed by atoms with Crippen LogP contribution in [0.25, 0.3) is 0 Å². The van der Waals surface area contributed by atoms with Crippen molar-refractivity contribution >= 4 is 5.97 Å². The Morgan fingerprint density at radius 2 is 2.15 bits per heavy atom. The summed E-state index contributed by atoms with van der Waals surface area (Å²) >= 11 is 0. The number of carboxylic acids is 1. The van der Waals surface area contributed by atoms with Gasteiger partial charge in [-0.3, -0.25) is 9.69 Å². The van der Waals surface area contributed by atoms with Crippen molar-refractivity contribution in [2.24, 2.45) is 11.7 Å². The first-order valence-corrected chi connectivity index (χ1v) is 4.91. The van der Waals surface area contributed by atoms with Crippen LogP contribution in [0.4, 0.5) is 0 Å². The van der Waals surface area contributed by atoms with Crippen molar-refractivity contribution in [3.05, 3.63) is 0 Å². The Morgan fingerprint density at radius 1 is 1.38 bits per heavy atom. The number of aliphatic carboxylic acids is 1. The van der Waals surface area contributed by atoms with Crippen LogP contribution >= 0.6 is 0 Å². The molecule has 4 heteroatoms. The van der Waals surface area contributed by atoms with E-state index in [2.05, 4.69) is 4.90 Å². The number of nitrogens with zero attached hydrogens (tertiary/aromatic N) is 1. The van der Waals surface area contributed by atoms with E-state index >= 15 is 0 Å². The Morgan fingerprint density at radius 3 is 2.54 bits per heavy atom. The maximum absolute atomic E-state index is 10.8. The van der Waals surface area contributed by atoms with Gasteiger partial charge < -0.3 is 10.8 Å². The van der Waals surface area contributed by atoms with Crippen LogP contribution in [0.5, 0.6) is 0 Å². The molecular weight excluding hydrogens is 168 g/mol. The third-order valence-corrected chi connectivity index (χ3v) is 3.28. The number of carboxylic acid groups (broad SMARTS) is 1. The summed E-state index contributed by atoms with van der Waals surface area (Å²) in [6.07, 6.45) is 2.89. The molecule has 4 nitrogen and oxygen atoms in total. The molecule has 0 bridgehead atoms. The Bertz CT molecular complexity index is 220. The number of carbonyl (C=O) groups is 1. The van der Waals surface area contributed by atoms with Crippen LogP contribution in [0.2, 0.25) is 0 Å². The van der Waals surface area contributed by atoms with Gasteiger partial charge in [-0.05, 0) is 19.3 Å². The molecule has 2 aliphatic rings. The molecule has 0 aromatic heterocycles. The molecule has 0 aromatic rings. The van der Waals surface area contributed by atoms with Crippen LogP contribution in [0.15, 0.2) is 0 Å². The van der Waals surface area contributed by atoms with E-state index in [0.29, 0.717) is 0 Å². The number of likely N-dealkylation sites (tertiary alicyclic amines) is 1. The largest absolute Gasteiger partial charge is 0.481 e. The molecule has 1 saturated carbocycles. The molecule has 13 heavy (non-hydrogen) atoms. The zero-order valence-corrected chi connectivity index (χ0v) is 7.65. The van der Waals surface area contributed by atoms with Crippen molar-refractivity contribution in [2.45, 2.75) is 31.3 Å². The number of nitrogens with two attached hydrogens (primary N) is 1. The SMILES string of the molecule is NC1CCN(C2CCC2C(=O)O)C1. The highest BCUT2D eigenvalue weighted by Crippen LogP contribution is 2.33. The Kier molecular flexibility index (Phi) is 2.26. The standard InChI is InChI=1S/C9H16N2O2/c10-6-3-4-11(5-6)8-2-1-7(8)9(12)13/h6-8H,1-5,10H2,(H,12,13). The van der Waals surface area contributed by atoms with Gasteiger partial charge in [-0.1, -0.05) is 0 Å². The predicted molar refractivity (Wildman–Crippen MR) is 48.3 cm³/mol. The van der Waals surface area contributed by atoms with Gasteiger partial charge in [0.1, 0.15) is 0 Å². The first-order valence-electron chi connectivity index (χ1n) is 4.91. The highest BCUT2D eigenvalue weighted by atomic mass is 16.4. The Labute approximate surface area is 77.7 Å². The second kappa shape index (κ2) is 3.27. The van der Waals surface area contributed by atoms with Gasteiger partial charge in [0.25, 0.3) is 0 Å². The van der Waals surface area contributed by atoms with Crippen molar-refractivity contribution in [2.75, 3.05) is 13.1 Å². The second-order valence-electron chi connectivity index (χ2n) is 4.13. The summed E-state index contributed by atoms with van der Waals surface area (Å²) in [5.74, 6) is -0.776. The van der Waals surface area contributed by atoms with Gasteiger partial charge in [0, 0.05) is 25.2 Å². The highest BCUT2D eigenvalue weighted by molar-refractivity contribution is 5.72. The van der Waals surface area contributed by atoms with E-state index in [1.54, 1.807) is 0 Å². The van der Waals surface area contributed by atoms with Gasteiger partial charge in [0.15, 0.2) is 0 Å². The first-order chi connectivity index (χ1) is 6.18. The molecule has 1 heterocycles. The molecular formula is C9H16N2O2. The van der Waals surface area contributed by atoms with Gasteiger partial charge in [0.05, 0.1) is 5.92 Å². The van der Waals surface area contributed by atoms with Crippen LogP contribution in [0, 0.1) is 5.92 Å². The van der Waals surface area contributed by atoms with Gasteiger partial charge in [0.2, 0.25) is 0 Å². The lowest BCUT2D eigenvalue weighted by molar-refractivity contribution is -0.148. The zero-order valence-electron chi connectivity index (χ0n) is 7.65.